The minimum Gasteiger partial charge on any atom is -0.326 e. The Bertz CT molecular complexity index is 859. The fourth-order valence-electron chi connectivity index (χ4n) is 2.21. The molecule has 3 rings (SSSR count). The molecule has 0 saturated heterocycles. The summed E-state index contributed by atoms with van der Waals surface area (Å²) in [5.74, 6) is -0.115. The van der Waals surface area contributed by atoms with Gasteiger partial charge in [-0.05, 0) is 24.3 Å². The van der Waals surface area contributed by atoms with Crippen LogP contribution >= 0.6 is 0 Å². The molecule has 22 heavy (non-hydrogen) atoms. The van der Waals surface area contributed by atoms with Crippen LogP contribution in [0.3, 0.4) is 0 Å². The lowest BCUT2D eigenvalue weighted by Gasteiger charge is -2.09. The second-order valence-corrected chi connectivity index (χ2v) is 4.78. The summed E-state index contributed by atoms with van der Waals surface area (Å²) in [6.45, 7) is 0.401. The number of carbonyl (C=O) groups is 1. The van der Waals surface area contributed by atoms with Crippen LogP contribution in [0.4, 0.5) is 5.69 Å². The number of hydrogen-bond acceptors (Lipinski definition) is 4. The highest BCUT2D eigenvalue weighted by atomic mass is 16.1. The Labute approximate surface area is 126 Å². The molecule has 0 radical (unpaired) electrons. The number of aryl methyl sites for hydroxylation is 1. The SMILES string of the molecule is O=C(CCn1ncc(=O)c2ccccc21)Nc1ccncc1. The fourth-order valence-corrected chi connectivity index (χ4v) is 2.21. The lowest BCUT2D eigenvalue weighted by Crippen LogP contribution is -2.18. The number of carbonyl (C=O) groups excluding carboxylic acids is 1. The van der Waals surface area contributed by atoms with Crippen molar-refractivity contribution in [1.29, 1.82) is 0 Å². The first-order chi connectivity index (χ1) is 10.7. The lowest BCUT2D eigenvalue weighted by atomic mass is 10.2. The summed E-state index contributed by atoms with van der Waals surface area (Å²) in [5, 5.41) is 7.49. The number of nitrogens with one attached hydrogen (secondary N) is 1. The molecule has 6 heteroatoms. The van der Waals surface area contributed by atoms with E-state index in [-0.39, 0.29) is 17.8 Å². The van der Waals surface area contributed by atoms with Crippen molar-refractivity contribution in [2.24, 2.45) is 0 Å². The lowest BCUT2D eigenvalue weighted by molar-refractivity contribution is -0.116. The van der Waals surface area contributed by atoms with Gasteiger partial charge in [-0.2, -0.15) is 5.10 Å². The van der Waals surface area contributed by atoms with Crippen LogP contribution in [0, 0.1) is 0 Å². The molecule has 2 heterocycles. The summed E-state index contributed by atoms with van der Waals surface area (Å²) < 4.78 is 1.67. The molecule has 0 atom stereocenters. The molecule has 0 saturated carbocycles. The molecular formula is C16H14N4O2. The highest BCUT2D eigenvalue weighted by Gasteiger charge is 2.06. The van der Waals surface area contributed by atoms with Gasteiger partial charge in [0.05, 0.1) is 18.3 Å². The van der Waals surface area contributed by atoms with Crippen LogP contribution in [0.1, 0.15) is 6.42 Å². The molecule has 0 unspecified atom stereocenters. The predicted octanol–water partition coefficient (Wildman–Crippen LogP) is 1.82. The van der Waals surface area contributed by atoms with Gasteiger partial charge in [0, 0.05) is 29.9 Å². The van der Waals surface area contributed by atoms with Crippen LogP contribution in [0.2, 0.25) is 0 Å². The highest BCUT2D eigenvalue weighted by molar-refractivity contribution is 5.90. The molecule has 0 bridgehead atoms. The molecule has 2 aromatic heterocycles. The van der Waals surface area contributed by atoms with Crippen molar-refractivity contribution in [3.63, 3.8) is 0 Å². The van der Waals surface area contributed by atoms with Crippen molar-refractivity contribution < 1.29 is 4.79 Å². The van der Waals surface area contributed by atoms with Crippen LogP contribution in [-0.4, -0.2) is 20.7 Å². The average Bonchev–Trinajstić information content (AvgIpc) is 2.55. The standard InChI is InChI=1S/C16H14N4O2/c21-15-11-18-20(14-4-2-1-3-13(14)15)10-7-16(22)19-12-5-8-17-9-6-12/h1-6,8-9,11H,7,10H2,(H,17,19,22). The van der Waals surface area contributed by atoms with Gasteiger partial charge < -0.3 is 5.32 Å². The van der Waals surface area contributed by atoms with Gasteiger partial charge in [-0.1, -0.05) is 12.1 Å². The van der Waals surface area contributed by atoms with Crippen LogP contribution in [0.15, 0.2) is 59.8 Å². The summed E-state index contributed by atoms with van der Waals surface area (Å²) in [4.78, 5) is 27.6. The number of amides is 1. The van der Waals surface area contributed by atoms with Gasteiger partial charge in [0.2, 0.25) is 11.3 Å². The molecule has 0 fully saturated rings. The van der Waals surface area contributed by atoms with Crippen LogP contribution < -0.4 is 10.7 Å². The molecule has 0 aliphatic heterocycles. The smallest absolute Gasteiger partial charge is 0.226 e. The number of fused-ring (bicyclic) bond motifs is 1. The maximum absolute atomic E-state index is 12.0. The third-order valence-corrected chi connectivity index (χ3v) is 3.28. The van der Waals surface area contributed by atoms with Crippen molar-refractivity contribution >= 4 is 22.5 Å². The van der Waals surface area contributed by atoms with E-state index in [1.807, 2.05) is 18.2 Å². The van der Waals surface area contributed by atoms with Gasteiger partial charge in [0.15, 0.2) is 0 Å². The Kier molecular flexibility index (Phi) is 3.91. The van der Waals surface area contributed by atoms with E-state index in [4.69, 9.17) is 0 Å². The number of anilines is 1. The monoisotopic (exact) mass is 294 g/mol. The van der Waals surface area contributed by atoms with Crippen molar-refractivity contribution in [2.75, 3.05) is 5.32 Å². The molecule has 0 aliphatic rings. The minimum atomic E-state index is -0.118. The maximum Gasteiger partial charge on any atom is 0.226 e. The largest absolute Gasteiger partial charge is 0.326 e. The minimum absolute atomic E-state index is 0.115. The number of nitrogens with zero attached hydrogens (tertiary/aromatic N) is 3. The second kappa shape index (κ2) is 6.17. The topological polar surface area (TPSA) is 76.9 Å². The van der Waals surface area contributed by atoms with Crippen molar-refractivity contribution in [3.05, 3.63) is 65.2 Å². The molecule has 110 valence electrons. The quantitative estimate of drug-likeness (QED) is 0.796. The summed E-state index contributed by atoms with van der Waals surface area (Å²) >= 11 is 0. The first kappa shape index (κ1) is 13.9. The van der Waals surface area contributed by atoms with Gasteiger partial charge >= 0.3 is 0 Å². The Morgan fingerprint density at radius 1 is 1.14 bits per heavy atom. The van der Waals surface area contributed by atoms with Gasteiger partial charge in [-0.25, -0.2) is 0 Å². The van der Waals surface area contributed by atoms with Gasteiger partial charge in [-0.15, -0.1) is 0 Å². The average molecular weight is 294 g/mol. The summed E-state index contributed by atoms with van der Waals surface area (Å²) in [6.07, 6.45) is 4.78. The van der Waals surface area contributed by atoms with E-state index >= 15 is 0 Å². The van der Waals surface area contributed by atoms with Crippen molar-refractivity contribution in [2.45, 2.75) is 13.0 Å². The van der Waals surface area contributed by atoms with Gasteiger partial charge in [0.25, 0.3) is 0 Å². The van der Waals surface area contributed by atoms with E-state index in [9.17, 15) is 9.59 Å². The first-order valence-corrected chi connectivity index (χ1v) is 6.89. The number of para-hydroxylation sites is 1. The van der Waals surface area contributed by atoms with Crippen molar-refractivity contribution in [3.8, 4) is 0 Å². The van der Waals surface area contributed by atoms with Crippen LogP contribution in [0.5, 0.6) is 0 Å². The normalized spacial score (nSPS) is 10.5. The van der Waals surface area contributed by atoms with E-state index < -0.39 is 0 Å². The number of benzene rings is 1. The number of hydrogen-bond donors (Lipinski definition) is 1. The van der Waals surface area contributed by atoms with Crippen LogP contribution in [0.25, 0.3) is 10.9 Å². The molecule has 1 N–H and O–H groups in total. The number of pyridine rings is 1. The zero-order valence-corrected chi connectivity index (χ0v) is 11.8. The Hall–Kier alpha value is -3.02. The zero-order valence-electron chi connectivity index (χ0n) is 11.8. The number of rotatable bonds is 4. The molecule has 1 aromatic carbocycles. The van der Waals surface area contributed by atoms with Gasteiger partial charge in [0.1, 0.15) is 0 Å². The fraction of sp³-hybridized carbons (Fsp3) is 0.125. The molecular weight excluding hydrogens is 280 g/mol. The third kappa shape index (κ3) is 3.01. The maximum atomic E-state index is 12.0. The van der Waals surface area contributed by atoms with Crippen molar-refractivity contribution in [1.82, 2.24) is 14.8 Å². The van der Waals surface area contributed by atoms with E-state index in [0.29, 0.717) is 17.6 Å². The molecule has 0 spiro atoms. The first-order valence-electron chi connectivity index (χ1n) is 6.89. The van der Waals surface area contributed by atoms with Crippen LogP contribution in [-0.2, 0) is 11.3 Å². The van der Waals surface area contributed by atoms with E-state index in [0.717, 1.165) is 5.52 Å². The molecule has 0 aliphatic carbocycles. The third-order valence-electron chi connectivity index (χ3n) is 3.28. The van der Waals surface area contributed by atoms with E-state index in [1.165, 1.54) is 6.20 Å². The molecule has 6 nitrogen and oxygen atoms in total. The second-order valence-electron chi connectivity index (χ2n) is 4.78. The Morgan fingerprint density at radius 2 is 1.91 bits per heavy atom. The Balaban J connectivity index is 1.73. The molecule has 3 aromatic rings. The molecule has 1 amide bonds. The van der Waals surface area contributed by atoms with E-state index in [2.05, 4.69) is 15.4 Å². The zero-order chi connectivity index (χ0) is 15.4. The number of aromatic nitrogens is 3. The van der Waals surface area contributed by atoms with E-state index in [1.54, 1.807) is 35.3 Å². The predicted molar refractivity (Wildman–Crippen MR) is 83.5 cm³/mol. The van der Waals surface area contributed by atoms with Gasteiger partial charge in [-0.3, -0.25) is 19.3 Å². The Morgan fingerprint density at radius 3 is 2.73 bits per heavy atom. The summed E-state index contributed by atoms with van der Waals surface area (Å²) in [7, 11) is 0. The summed E-state index contributed by atoms with van der Waals surface area (Å²) in [5.41, 5.74) is 1.32. The highest BCUT2D eigenvalue weighted by Crippen LogP contribution is 2.09. The summed E-state index contributed by atoms with van der Waals surface area (Å²) in [6, 6.07) is 10.7.